The molecule has 1 aromatic carbocycles. The number of ether oxygens (including phenoxy) is 2. The van der Waals surface area contributed by atoms with Crippen LogP contribution in [0.15, 0.2) is 17.7 Å². The van der Waals surface area contributed by atoms with Gasteiger partial charge in [-0.3, -0.25) is 4.79 Å². The minimum Gasteiger partial charge on any atom is -0.481 e. The lowest BCUT2D eigenvalue weighted by molar-refractivity contribution is -0.142. The first kappa shape index (κ1) is 20.2. The Morgan fingerprint density at radius 1 is 1.28 bits per heavy atom. The minimum atomic E-state index is -0.460. The molecule has 0 aliphatic carbocycles. The molecule has 0 spiro atoms. The number of aryl methyl sites for hydroxylation is 2. The van der Waals surface area contributed by atoms with E-state index in [1.54, 1.807) is 18.2 Å². The van der Waals surface area contributed by atoms with E-state index < -0.39 is 5.97 Å². The lowest BCUT2D eigenvalue weighted by atomic mass is 10.0. The van der Waals surface area contributed by atoms with Crippen molar-refractivity contribution in [2.45, 2.75) is 33.6 Å². The van der Waals surface area contributed by atoms with Gasteiger partial charge in [-0.05, 0) is 55.2 Å². The molecule has 0 heterocycles. The quantitative estimate of drug-likeness (QED) is 0.339. The number of esters is 1. The van der Waals surface area contributed by atoms with E-state index in [4.69, 9.17) is 4.74 Å². The van der Waals surface area contributed by atoms with Crippen molar-refractivity contribution >= 4 is 18.0 Å². The Kier molecular flexibility index (Phi) is 8.21. The summed E-state index contributed by atoms with van der Waals surface area (Å²) < 4.78 is 10.0. The zero-order chi connectivity index (χ0) is 18.8. The second kappa shape index (κ2) is 10.1. The Morgan fingerprint density at radius 2 is 1.92 bits per heavy atom. The summed E-state index contributed by atoms with van der Waals surface area (Å²) in [6.45, 7) is 6.08. The Morgan fingerprint density at radius 3 is 2.44 bits per heavy atom. The highest BCUT2D eigenvalue weighted by Gasteiger charge is 2.11. The highest BCUT2D eigenvalue weighted by Crippen LogP contribution is 2.26. The number of hydrogen-bond acceptors (Lipinski definition) is 5. The molecule has 0 bridgehead atoms. The van der Waals surface area contributed by atoms with Crippen LogP contribution < -0.4 is 10.1 Å². The lowest BCUT2D eigenvalue weighted by Gasteiger charge is -2.12. The van der Waals surface area contributed by atoms with Crippen LogP contribution in [-0.4, -0.2) is 32.1 Å². The van der Waals surface area contributed by atoms with Crippen LogP contribution in [0.3, 0.4) is 0 Å². The van der Waals surface area contributed by atoms with Gasteiger partial charge in [-0.25, -0.2) is 4.79 Å². The third kappa shape index (κ3) is 6.30. The number of carbonyl (C=O) groups is 2. The van der Waals surface area contributed by atoms with Gasteiger partial charge in [-0.2, -0.15) is 5.26 Å². The highest BCUT2D eigenvalue weighted by molar-refractivity contribution is 6.01. The van der Waals surface area contributed by atoms with E-state index in [-0.39, 0.29) is 18.1 Å². The van der Waals surface area contributed by atoms with Crippen LogP contribution in [0, 0.1) is 25.2 Å². The third-order valence-corrected chi connectivity index (χ3v) is 3.54. The van der Waals surface area contributed by atoms with Crippen molar-refractivity contribution in [3.63, 3.8) is 0 Å². The summed E-state index contributed by atoms with van der Waals surface area (Å²) in [4.78, 5) is 23.2. The Labute approximate surface area is 148 Å². The molecule has 0 aliphatic heterocycles. The van der Waals surface area contributed by atoms with Gasteiger partial charge in [-0.1, -0.05) is 13.3 Å². The normalized spacial score (nSPS) is 10.8. The summed E-state index contributed by atoms with van der Waals surface area (Å²) in [5, 5.41) is 12.0. The molecule has 25 heavy (non-hydrogen) atoms. The first-order valence-electron chi connectivity index (χ1n) is 8.13. The van der Waals surface area contributed by atoms with Crippen molar-refractivity contribution in [1.29, 1.82) is 5.26 Å². The molecular formula is C19H24N2O4. The van der Waals surface area contributed by atoms with Crippen LogP contribution in [-0.2, 0) is 14.3 Å². The standard InChI is InChI=1S/C19H24N2O4/c1-5-6-7-21-19(23)16(11-20)10-15-8-13(2)18(14(3)9-15)25-12-17(22)24-4/h8-10H,5-7,12H2,1-4H3,(H,21,23)/b16-10-. The molecule has 1 N–H and O–H groups in total. The number of amides is 1. The second-order valence-electron chi connectivity index (χ2n) is 5.63. The molecule has 0 aliphatic rings. The summed E-state index contributed by atoms with van der Waals surface area (Å²) in [6.07, 6.45) is 3.39. The van der Waals surface area contributed by atoms with Gasteiger partial charge >= 0.3 is 5.97 Å². The number of nitrogens with one attached hydrogen (secondary N) is 1. The molecule has 0 saturated heterocycles. The average Bonchev–Trinajstić information content (AvgIpc) is 2.58. The smallest absolute Gasteiger partial charge is 0.343 e. The van der Waals surface area contributed by atoms with E-state index >= 15 is 0 Å². The first-order valence-corrected chi connectivity index (χ1v) is 8.13. The third-order valence-electron chi connectivity index (χ3n) is 3.54. The Hall–Kier alpha value is -2.81. The Bertz CT molecular complexity index is 679. The van der Waals surface area contributed by atoms with Crippen molar-refractivity contribution in [2.24, 2.45) is 0 Å². The van der Waals surface area contributed by atoms with Crippen molar-refractivity contribution in [2.75, 3.05) is 20.3 Å². The van der Waals surface area contributed by atoms with Gasteiger partial charge in [0.15, 0.2) is 6.61 Å². The molecule has 0 saturated carbocycles. The Balaban J connectivity index is 2.96. The molecule has 0 fully saturated rings. The van der Waals surface area contributed by atoms with Crippen LogP contribution in [0.5, 0.6) is 5.75 Å². The fourth-order valence-electron chi connectivity index (χ4n) is 2.27. The molecule has 0 radical (unpaired) electrons. The number of methoxy groups -OCH3 is 1. The van der Waals surface area contributed by atoms with E-state index in [0.29, 0.717) is 12.3 Å². The monoisotopic (exact) mass is 344 g/mol. The first-order chi connectivity index (χ1) is 11.9. The van der Waals surface area contributed by atoms with Crippen LogP contribution in [0.1, 0.15) is 36.5 Å². The average molecular weight is 344 g/mol. The van der Waals surface area contributed by atoms with Gasteiger partial charge < -0.3 is 14.8 Å². The second-order valence-corrected chi connectivity index (χ2v) is 5.63. The molecule has 1 aromatic rings. The summed E-state index contributed by atoms with van der Waals surface area (Å²) in [5.74, 6) is -0.246. The van der Waals surface area contributed by atoms with E-state index in [0.717, 1.165) is 29.5 Å². The molecular weight excluding hydrogens is 320 g/mol. The van der Waals surface area contributed by atoms with E-state index in [1.807, 2.05) is 26.8 Å². The number of carbonyl (C=O) groups excluding carboxylic acids is 2. The van der Waals surface area contributed by atoms with Gasteiger partial charge in [0.05, 0.1) is 7.11 Å². The van der Waals surface area contributed by atoms with E-state index in [9.17, 15) is 14.9 Å². The van der Waals surface area contributed by atoms with Crippen LogP contribution >= 0.6 is 0 Å². The minimum absolute atomic E-state index is 0.0538. The molecule has 0 aromatic heterocycles. The van der Waals surface area contributed by atoms with Crippen molar-refractivity contribution in [1.82, 2.24) is 5.32 Å². The number of unbranched alkanes of at least 4 members (excludes halogenated alkanes) is 1. The maximum absolute atomic E-state index is 12.0. The van der Waals surface area contributed by atoms with Crippen LogP contribution in [0.2, 0.25) is 0 Å². The van der Waals surface area contributed by atoms with Gasteiger partial charge in [0.1, 0.15) is 17.4 Å². The maximum atomic E-state index is 12.0. The lowest BCUT2D eigenvalue weighted by Crippen LogP contribution is -2.25. The van der Waals surface area contributed by atoms with Gasteiger partial charge in [0.25, 0.3) is 5.91 Å². The fraction of sp³-hybridized carbons (Fsp3) is 0.421. The predicted octanol–water partition coefficient (Wildman–Crippen LogP) is 2.68. The molecule has 1 amide bonds. The maximum Gasteiger partial charge on any atom is 0.343 e. The molecule has 1 rings (SSSR count). The SMILES string of the molecule is CCCCNC(=O)/C(C#N)=C\c1cc(C)c(OCC(=O)OC)c(C)c1. The van der Waals surface area contributed by atoms with Gasteiger partial charge in [0.2, 0.25) is 0 Å². The summed E-state index contributed by atoms with van der Waals surface area (Å²) in [6, 6.07) is 5.54. The van der Waals surface area contributed by atoms with E-state index in [2.05, 4.69) is 10.1 Å². The van der Waals surface area contributed by atoms with Crippen molar-refractivity contribution in [3.8, 4) is 11.8 Å². The summed E-state index contributed by atoms with van der Waals surface area (Å²) in [7, 11) is 1.30. The van der Waals surface area contributed by atoms with Gasteiger partial charge in [0, 0.05) is 6.54 Å². The summed E-state index contributed by atoms with van der Waals surface area (Å²) >= 11 is 0. The fourth-order valence-corrected chi connectivity index (χ4v) is 2.27. The number of hydrogen-bond donors (Lipinski definition) is 1. The summed E-state index contributed by atoms with van der Waals surface area (Å²) in [5.41, 5.74) is 2.39. The van der Waals surface area contributed by atoms with Gasteiger partial charge in [-0.15, -0.1) is 0 Å². The van der Waals surface area contributed by atoms with Crippen LogP contribution in [0.4, 0.5) is 0 Å². The molecule has 6 heteroatoms. The highest BCUT2D eigenvalue weighted by atomic mass is 16.6. The van der Waals surface area contributed by atoms with Crippen molar-refractivity contribution in [3.05, 3.63) is 34.4 Å². The zero-order valence-electron chi connectivity index (χ0n) is 15.1. The molecule has 134 valence electrons. The largest absolute Gasteiger partial charge is 0.481 e. The number of benzene rings is 1. The molecule has 0 atom stereocenters. The van der Waals surface area contributed by atoms with Crippen molar-refractivity contribution < 1.29 is 19.1 Å². The zero-order valence-corrected chi connectivity index (χ0v) is 15.1. The number of nitrogens with zero attached hydrogens (tertiary/aromatic N) is 1. The molecule has 6 nitrogen and oxygen atoms in total. The van der Waals surface area contributed by atoms with E-state index in [1.165, 1.54) is 7.11 Å². The molecule has 0 unspecified atom stereocenters. The topological polar surface area (TPSA) is 88.4 Å². The predicted molar refractivity (Wildman–Crippen MR) is 94.9 cm³/mol. The van der Waals surface area contributed by atoms with Crippen LogP contribution in [0.25, 0.3) is 6.08 Å². The number of nitriles is 1. The number of rotatable bonds is 8.